The van der Waals surface area contributed by atoms with Crippen LogP contribution in [0.3, 0.4) is 0 Å². The van der Waals surface area contributed by atoms with E-state index in [9.17, 15) is 4.79 Å². The van der Waals surface area contributed by atoms with Crippen molar-refractivity contribution in [2.75, 3.05) is 0 Å². The third kappa shape index (κ3) is 2.47. The van der Waals surface area contributed by atoms with E-state index in [4.69, 9.17) is 17.1 Å². The summed E-state index contributed by atoms with van der Waals surface area (Å²) < 4.78 is 0. The molecule has 1 amide bonds. The predicted octanol–water partition coefficient (Wildman–Crippen LogP) is 3.10. The summed E-state index contributed by atoms with van der Waals surface area (Å²) in [5, 5.41) is 3.42. The molecule has 0 aliphatic carbocycles. The van der Waals surface area contributed by atoms with Gasteiger partial charge in [-0.15, -0.1) is 0 Å². The maximum atomic E-state index is 11.1. The fraction of sp³-hybridized carbons (Fsp3) is 0.125. The topological polar surface area (TPSA) is 65.8 Å². The summed E-state index contributed by atoms with van der Waals surface area (Å²) in [6.07, 6.45) is 0. The van der Waals surface area contributed by atoms with Gasteiger partial charge < -0.3 is 0 Å². The fourth-order valence-electron chi connectivity index (χ4n) is 0.958. The van der Waals surface area contributed by atoms with E-state index in [1.165, 1.54) is 6.07 Å². The van der Waals surface area contributed by atoms with Crippen molar-refractivity contribution in [2.24, 2.45) is 5.11 Å². The van der Waals surface area contributed by atoms with Gasteiger partial charge in [-0.2, -0.15) is 0 Å². The Labute approximate surface area is 79.8 Å². The first kappa shape index (κ1) is 9.58. The van der Waals surface area contributed by atoms with E-state index in [-0.39, 0.29) is 0 Å². The molecule has 1 aromatic rings. The number of carbonyl (C=O) groups excluding carboxylic acids is 1. The molecule has 4 nitrogen and oxygen atoms in total. The van der Waals surface area contributed by atoms with Crippen LogP contribution in [-0.2, 0) is 0 Å². The number of carbonyl (C=O) groups is 1. The van der Waals surface area contributed by atoms with Gasteiger partial charge in [0.2, 0.25) is 5.91 Å². The van der Waals surface area contributed by atoms with Crippen molar-refractivity contribution >= 4 is 17.5 Å². The predicted molar refractivity (Wildman–Crippen MR) is 49.7 cm³/mol. The minimum atomic E-state index is -0.617. The van der Waals surface area contributed by atoms with E-state index in [2.05, 4.69) is 10.0 Å². The summed E-state index contributed by atoms with van der Waals surface area (Å²) in [5.41, 5.74) is 9.20. The zero-order valence-electron chi connectivity index (χ0n) is 6.86. The molecule has 0 heterocycles. The number of azide groups is 1. The molecule has 0 atom stereocenters. The number of rotatable bonds is 1. The second-order valence-electron chi connectivity index (χ2n) is 2.51. The molecule has 5 heteroatoms. The standard InChI is InChI=1S/C8H6ClN3O/c1-5-2-6(4-7(9)3-5)8(13)11-12-10/h2-4H,1H3. The van der Waals surface area contributed by atoms with E-state index >= 15 is 0 Å². The van der Waals surface area contributed by atoms with Crippen LogP contribution in [0.25, 0.3) is 10.4 Å². The van der Waals surface area contributed by atoms with E-state index in [0.29, 0.717) is 10.6 Å². The van der Waals surface area contributed by atoms with Crippen LogP contribution in [0, 0.1) is 6.92 Å². The van der Waals surface area contributed by atoms with Crippen LogP contribution in [0.4, 0.5) is 0 Å². The van der Waals surface area contributed by atoms with Crippen LogP contribution in [0.1, 0.15) is 15.9 Å². The average molecular weight is 196 g/mol. The Hall–Kier alpha value is -1.51. The Morgan fingerprint density at radius 2 is 2.23 bits per heavy atom. The zero-order valence-corrected chi connectivity index (χ0v) is 7.62. The first-order chi connectivity index (χ1) is 6.13. The Bertz CT molecular complexity index is 376. The lowest BCUT2D eigenvalue weighted by molar-refractivity contribution is 0.100. The number of amides is 1. The number of benzene rings is 1. The molecular formula is C8H6ClN3O. The molecule has 0 unspecified atom stereocenters. The van der Waals surface area contributed by atoms with Crippen LogP contribution in [0.2, 0.25) is 5.02 Å². The highest BCUT2D eigenvalue weighted by Gasteiger charge is 2.04. The highest BCUT2D eigenvalue weighted by atomic mass is 35.5. The van der Waals surface area contributed by atoms with Crippen molar-refractivity contribution in [1.82, 2.24) is 0 Å². The van der Waals surface area contributed by atoms with Gasteiger partial charge in [0.25, 0.3) is 0 Å². The molecule has 0 bridgehead atoms. The van der Waals surface area contributed by atoms with Gasteiger partial charge in [0.05, 0.1) is 0 Å². The quantitative estimate of drug-likeness (QED) is 0.386. The number of halogens is 1. The van der Waals surface area contributed by atoms with Crippen molar-refractivity contribution in [3.63, 3.8) is 0 Å². The van der Waals surface area contributed by atoms with Crippen molar-refractivity contribution in [3.8, 4) is 0 Å². The van der Waals surface area contributed by atoms with E-state index < -0.39 is 5.91 Å². The van der Waals surface area contributed by atoms with Gasteiger partial charge >= 0.3 is 0 Å². The minimum absolute atomic E-state index is 0.308. The molecule has 1 rings (SSSR count). The van der Waals surface area contributed by atoms with E-state index in [0.717, 1.165) is 5.56 Å². The zero-order chi connectivity index (χ0) is 9.84. The Morgan fingerprint density at radius 1 is 1.54 bits per heavy atom. The van der Waals surface area contributed by atoms with Crippen molar-refractivity contribution in [1.29, 1.82) is 0 Å². The highest BCUT2D eigenvalue weighted by molar-refractivity contribution is 6.31. The maximum absolute atomic E-state index is 11.1. The smallest absolute Gasteiger partial charge is 0.249 e. The second kappa shape index (κ2) is 3.94. The summed E-state index contributed by atoms with van der Waals surface area (Å²) in [4.78, 5) is 13.5. The Kier molecular flexibility index (Phi) is 2.90. The first-order valence-electron chi connectivity index (χ1n) is 3.50. The third-order valence-electron chi connectivity index (χ3n) is 1.42. The SMILES string of the molecule is Cc1cc(Cl)cc(C(=O)N=[N+]=[N-])c1. The van der Waals surface area contributed by atoms with Crippen LogP contribution in [0.5, 0.6) is 0 Å². The average Bonchev–Trinajstić information content (AvgIpc) is 2.03. The van der Waals surface area contributed by atoms with Crippen molar-refractivity contribution < 1.29 is 4.79 Å². The summed E-state index contributed by atoms with van der Waals surface area (Å²) in [7, 11) is 0. The minimum Gasteiger partial charge on any atom is -0.287 e. The summed E-state index contributed by atoms with van der Waals surface area (Å²) in [5.74, 6) is -0.617. The summed E-state index contributed by atoms with van der Waals surface area (Å²) >= 11 is 5.71. The summed E-state index contributed by atoms with van der Waals surface area (Å²) in [6, 6.07) is 4.79. The normalized spacial score (nSPS) is 9.08. The van der Waals surface area contributed by atoms with Gasteiger partial charge in [-0.05, 0) is 41.3 Å². The number of aryl methyl sites for hydroxylation is 1. The molecule has 0 aliphatic heterocycles. The molecule has 0 aromatic heterocycles. The number of nitrogens with zero attached hydrogens (tertiary/aromatic N) is 3. The van der Waals surface area contributed by atoms with Gasteiger partial charge in [-0.25, -0.2) is 0 Å². The Balaban J connectivity index is 3.15. The number of hydrogen-bond acceptors (Lipinski definition) is 1. The van der Waals surface area contributed by atoms with Gasteiger partial charge in [0.1, 0.15) is 0 Å². The molecule has 66 valence electrons. The third-order valence-corrected chi connectivity index (χ3v) is 1.64. The monoisotopic (exact) mass is 195 g/mol. The lowest BCUT2D eigenvalue weighted by atomic mass is 10.1. The highest BCUT2D eigenvalue weighted by Crippen LogP contribution is 2.15. The fourth-order valence-corrected chi connectivity index (χ4v) is 1.25. The molecule has 0 saturated carbocycles. The molecule has 0 N–H and O–H groups in total. The van der Waals surface area contributed by atoms with Crippen molar-refractivity contribution in [2.45, 2.75) is 6.92 Å². The van der Waals surface area contributed by atoms with Gasteiger partial charge in [-0.3, -0.25) is 4.79 Å². The van der Waals surface area contributed by atoms with E-state index in [1.54, 1.807) is 19.1 Å². The first-order valence-corrected chi connectivity index (χ1v) is 3.88. The van der Waals surface area contributed by atoms with Crippen LogP contribution in [0.15, 0.2) is 23.3 Å². The molecule has 13 heavy (non-hydrogen) atoms. The molecule has 0 spiro atoms. The largest absolute Gasteiger partial charge is 0.287 e. The Morgan fingerprint density at radius 3 is 2.77 bits per heavy atom. The van der Waals surface area contributed by atoms with Crippen LogP contribution >= 0.6 is 11.6 Å². The molecule has 0 aliphatic rings. The van der Waals surface area contributed by atoms with Crippen LogP contribution < -0.4 is 0 Å². The van der Waals surface area contributed by atoms with Gasteiger partial charge in [0, 0.05) is 15.5 Å². The van der Waals surface area contributed by atoms with Gasteiger partial charge in [0.15, 0.2) is 0 Å². The lowest BCUT2D eigenvalue weighted by Gasteiger charge is -1.98. The molecular weight excluding hydrogens is 190 g/mol. The molecule has 0 radical (unpaired) electrons. The van der Waals surface area contributed by atoms with Crippen molar-refractivity contribution in [3.05, 3.63) is 44.8 Å². The second-order valence-corrected chi connectivity index (χ2v) is 2.95. The van der Waals surface area contributed by atoms with Gasteiger partial charge in [-0.1, -0.05) is 11.6 Å². The van der Waals surface area contributed by atoms with E-state index in [1.807, 2.05) is 0 Å². The lowest BCUT2D eigenvalue weighted by Crippen LogP contribution is -1.93. The number of hydrogen-bond donors (Lipinski definition) is 0. The molecule has 1 aromatic carbocycles. The van der Waals surface area contributed by atoms with Crippen LogP contribution in [-0.4, -0.2) is 5.91 Å². The maximum Gasteiger partial charge on any atom is 0.249 e. The summed E-state index contributed by atoms with van der Waals surface area (Å²) in [6.45, 7) is 1.80. The molecule has 0 saturated heterocycles. The molecule has 0 fully saturated rings.